The Balaban J connectivity index is 2.38. The maximum atomic E-state index is 12.3. The molecule has 1 unspecified atom stereocenters. The fourth-order valence-corrected chi connectivity index (χ4v) is 3.97. The largest absolute Gasteiger partial charge is 0.480 e. The molecule has 1 aromatic carbocycles. The molecule has 0 spiro atoms. The van der Waals surface area contributed by atoms with Crippen LogP contribution >= 0.6 is 11.6 Å². The third-order valence-corrected chi connectivity index (χ3v) is 5.16. The van der Waals surface area contributed by atoms with Crippen molar-refractivity contribution in [2.45, 2.75) is 23.8 Å². The van der Waals surface area contributed by atoms with Gasteiger partial charge >= 0.3 is 5.97 Å². The van der Waals surface area contributed by atoms with Crippen molar-refractivity contribution in [2.24, 2.45) is 0 Å². The number of carbonyl (C=O) groups is 1. The van der Waals surface area contributed by atoms with Gasteiger partial charge in [-0.15, -0.1) is 0 Å². The highest BCUT2D eigenvalue weighted by Crippen LogP contribution is 2.26. The molecular formula is C12H14ClNO5S. The van der Waals surface area contributed by atoms with Crippen molar-refractivity contribution in [1.82, 2.24) is 4.72 Å². The molecule has 2 rings (SSSR count). The van der Waals surface area contributed by atoms with Crippen molar-refractivity contribution in [3.05, 3.63) is 28.8 Å². The molecule has 1 heterocycles. The van der Waals surface area contributed by atoms with Gasteiger partial charge in [-0.3, -0.25) is 4.79 Å². The van der Waals surface area contributed by atoms with Gasteiger partial charge in [-0.25, -0.2) is 8.42 Å². The summed E-state index contributed by atoms with van der Waals surface area (Å²) >= 11 is 5.93. The van der Waals surface area contributed by atoms with Gasteiger partial charge in [-0.05, 0) is 24.6 Å². The molecule has 20 heavy (non-hydrogen) atoms. The van der Waals surface area contributed by atoms with Gasteiger partial charge < -0.3 is 9.84 Å². The molecule has 2 N–H and O–H groups in total. The van der Waals surface area contributed by atoms with Crippen LogP contribution in [-0.4, -0.2) is 38.2 Å². The first-order valence-electron chi connectivity index (χ1n) is 5.88. The number of hydrogen-bond donors (Lipinski definition) is 2. The number of carboxylic acid groups (broad SMARTS) is 1. The lowest BCUT2D eigenvalue weighted by Crippen LogP contribution is -2.55. The van der Waals surface area contributed by atoms with E-state index in [1.165, 1.54) is 12.1 Å². The molecule has 110 valence electrons. The molecule has 0 aromatic heterocycles. The van der Waals surface area contributed by atoms with E-state index in [0.717, 1.165) is 5.56 Å². The van der Waals surface area contributed by atoms with E-state index in [1.54, 1.807) is 13.0 Å². The summed E-state index contributed by atoms with van der Waals surface area (Å²) in [7, 11) is -4.04. The zero-order valence-corrected chi connectivity index (χ0v) is 12.3. The lowest BCUT2D eigenvalue weighted by Gasteiger charge is -2.23. The summed E-state index contributed by atoms with van der Waals surface area (Å²) in [4.78, 5) is 11.2. The average molecular weight is 320 g/mol. The van der Waals surface area contributed by atoms with E-state index < -0.39 is 21.5 Å². The van der Waals surface area contributed by atoms with Crippen molar-refractivity contribution in [1.29, 1.82) is 0 Å². The van der Waals surface area contributed by atoms with Gasteiger partial charge in [-0.1, -0.05) is 17.7 Å². The Kier molecular flexibility index (Phi) is 4.06. The lowest BCUT2D eigenvalue weighted by atomic mass is 10.0. The molecule has 1 aliphatic rings. The van der Waals surface area contributed by atoms with Gasteiger partial charge in [0.05, 0.1) is 11.6 Å². The maximum absolute atomic E-state index is 12.3. The van der Waals surface area contributed by atoms with E-state index in [1.807, 2.05) is 0 Å². The Morgan fingerprint density at radius 1 is 1.50 bits per heavy atom. The summed E-state index contributed by atoms with van der Waals surface area (Å²) in [5.41, 5.74) is -0.821. The summed E-state index contributed by atoms with van der Waals surface area (Å²) in [6, 6.07) is 4.46. The minimum absolute atomic E-state index is 0.0527. The molecule has 1 fully saturated rings. The second kappa shape index (κ2) is 5.33. The van der Waals surface area contributed by atoms with Crippen LogP contribution in [0.5, 0.6) is 0 Å². The van der Waals surface area contributed by atoms with Gasteiger partial charge in [0, 0.05) is 13.0 Å². The molecule has 0 amide bonds. The Morgan fingerprint density at radius 3 is 2.70 bits per heavy atom. The molecule has 8 heteroatoms. The molecule has 1 aliphatic heterocycles. The molecule has 1 saturated heterocycles. The highest BCUT2D eigenvalue weighted by atomic mass is 35.5. The number of nitrogens with one attached hydrogen (secondary N) is 1. The summed E-state index contributed by atoms with van der Waals surface area (Å²) < 4.78 is 31.9. The zero-order valence-electron chi connectivity index (χ0n) is 10.7. The fourth-order valence-electron chi connectivity index (χ4n) is 1.99. The number of aryl methyl sites for hydroxylation is 1. The number of aliphatic carboxylic acids is 1. The Morgan fingerprint density at radius 2 is 2.20 bits per heavy atom. The molecular weight excluding hydrogens is 306 g/mol. The summed E-state index contributed by atoms with van der Waals surface area (Å²) in [6.07, 6.45) is 0.0744. The molecule has 0 aliphatic carbocycles. The van der Waals surface area contributed by atoms with E-state index in [4.69, 9.17) is 16.3 Å². The molecule has 0 radical (unpaired) electrons. The van der Waals surface area contributed by atoms with E-state index in [9.17, 15) is 18.3 Å². The van der Waals surface area contributed by atoms with E-state index in [0.29, 0.717) is 0 Å². The first kappa shape index (κ1) is 15.2. The van der Waals surface area contributed by atoms with Gasteiger partial charge in [0.2, 0.25) is 10.0 Å². The van der Waals surface area contributed by atoms with Crippen molar-refractivity contribution < 1.29 is 23.1 Å². The number of ether oxygens (including phenoxy) is 1. The van der Waals surface area contributed by atoms with Crippen LogP contribution in [0.1, 0.15) is 12.0 Å². The predicted molar refractivity (Wildman–Crippen MR) is 72.3 cm³/mol. The highest BCUT2D eigenvalue weighted by molar-refractivity contribution is 7.89. The number of carboxylic acids is 1. The molecule has 1 atom stereocenters. The normalized spacial score (nSPS) is 22.9. The minimum Gasteiger partial charge on any atom is -0.480 e. The fraction of sp³-hybridized carbons (Fsp3) is 0.417. The molecule has 6 nitrogen and oxygen atoms in total. The minimum atomic E-state index is -4.04. The Labute approximate surface area is 121 Å². The molecule has 0 saturated carbocycles. The van der Waals surface area contributed by atoms with Gasteiger partial charge in [0.15, 0.2) is 5.54 Å². The number of benzene rings is 1. The summed E-state index contributed by atoms with van der Waals surface area (Å²) in [5, 5.41) is 9.30. The van der Waals surface area contributed by atoms with Gasteiger partial charge in [0.25, 0.3) is 0 Å². The maximum Gasteiger partial charge on any atom is 0.327 e. The van der Waals surface area contributed by atoms with Crippen molar-refractivity contribution in [2.75, 3.05) is 13.2 Å². The van der Waals surface area contributed by atoms with Crippen LogP contribution in [0.4, 0.5) is 0 Å². The van der Waals surface area contributed by atoms with Crippen LogP contribution in [0.25, 0.3) is 0 Å². The molecule has 1 aromatic rings. The smallest absolute Gasteiger partial charge is 0.327 e. The van der Waals surface area contributed by atoms with Crippen molar-refractivity contribution in [3.63, 3.8) is 0 Å². The van der Waals surface area contributed by atoms with Crippen LogP contribution in [0, 0.1) is 6.92 Å². The second-order valence-electron chi connectivity index (χ2n) is 4.73. The highest BCUT2D eigenvalue weighted by Gasteiger charge is 2.46. The van der Waals surface area contributed by atoms with E-state index in [-0.39, 0.29) is 29.6 Å². The summed E-state index contributed by atoms with van der Waals surface area (Å²) in [6.45, 7) is 1.76. The number of hydrogen-bond acceptors (Lipinski definition) is 4. The second-order valence-corrected chi connectivity index (χ2v) is 6.79. The van der Waals surface area contributed by atoms with E-state index in [2.05, 4.69) is 4.72 Å². The Hall–Kier alpha value is -1.15. The first-order valence-corrected chi connectivity index (χ1v) is 7.74. The lowest BCUT2D eigenvalue weighted by molar-refractivity contribution is -0.144. The van der Waals surface area contributed by atoms with Crippen molar-refractivity contribution in [3.8, 4) is 0 Å². The van der Waals surface area contributed by atoms with Crippen LogP contribution in [0.15, 0.2) is 23.1 Å². The number of halogens is 1. The van der Waals surface area contributed by atoms with E-state index >= 15 is 0 Å². The van der Waals surface area contributed by atoms with Gasteiger partial charge in [-0.2, -0.15) is 4.72 Å². The number of sulfonamides is 1. The molecule has 0 bridgehead atoms. The standard InChI is InChI=1S/C12H14ClNO5S/c1-8-2-3-10(9(13)6-8)20(17,18)14-12(11(15)16)4-5-19-7-12/h2-3,6,14H,4-5,7H2,1H3,(H,15,16). The van der Waals surface area contributed by atoms with Gasteiger partial charge in [0.1, 0.15) is 4.90 Å². The van der Waals surface area contributed by atoms with Crippen LogP contribution in [0.3, 0.4) is 0 Å². The average Bonchev–Trinajstić information content (AvgIpc) is 2.77. The first-order chi connectivity index (χ1) is 9.27. The third-order valence-electron chi connectivity index (χ3n) is 3.14. The summed E-state index contributed by atoms with van der Waals surface area (Å²) in [5.74, 6) is -1.26. The van der Waals surface area contributed by atoms with Crippen LogP contribution in [-0.2, 0) is 19.6 Å². The number of rotatable bonds is 4. The van der Waals surface area contributed by atoms with Crippen LogP contribution in [0.2, 0.25) is 5.02 Å². The quantitative estimate of drug-likeness (QED) is 0.869. The Bertz CT molecular complexity index is 637. The SMILES string of the molecule is Cc1ccc(S(=O)(=O)NC2(C(=O)O)CCOC2)c(Cl)c1. The van der Waals surface area contributed by atoms with Crippen molar-refractivity contribution >= 4 is 27.6 Å². The predicted octanol–water partition coefficient (Wildman–Crippen LogP) is 1.17. The van der Waals surface area contributed by atoms with Crippen LogP contribution < -0.4 is 4.72 Å². The monoisotopic (exact) mass is 319 g/mol. The zero-order chi connectivity index (χ0) is 15.0. The topological polar surface area (TPSA) is 92.7 Å². The third kappa shape index (κ3) is 2.80.